The molecule has 0 aliphatic heterocycles. The Kier molecular flexibility index (Phi) is 4.99. The van der Waals surface area contributed by atoms with E-state index in [1.807, 2.05) is 30.3 Å². The Labute approximate surface area is 123 Å². The van der Waals surface area contributed by atoms with Crippen molar-refractivity contribution in [2.24, 2.45) is 5.16 Å². The fourth-order valence-electron chi connectivity index (χ4n) is 1.44. The van der Waals surface area contributed by atoms with Crippen LogP contribution in [-0.4, -0.2) is 28.2 Å². The molecule has 1 aromatic carbocycles. The molecular formula is C13H11N3O4S. The second-order valence-electron chi connectivity index (χ2n) is 3.80. The SMILES string of the molecule is O=CNc1nc(/C(=N/OCc2ccccc2)C(=O)O)cs1. The van der Waals surface area contributed by atoms with Crippen LogP contribution in [-0.2, 0) is 21.0 Å². The number of carbonyl (C=O) groups excluding carboxylic acids is 1. The first-order valence-electron chi connectivity index (χ1n) is 5.84. The van der Waals surface area contributed by atoms with Crippen LogP contribution in [0.5, 0.6) is 0 Å². The van der Waals surface area contributed by atoms with E-state index in [4.69, 9.17) is 9.94 Å². The first-order chi connectivity index (χ1) is 10.2. The van der Waals surface area contributed by atoms with Crippen LogP contribution >= 0.6 is 11.3 Å². The molecule has 0 aliphatic rings. The molecule has 0 saturated carbocycles. The molecule has 0 unspecified atom stereocenters. The van der Waals surface area contributed by atoms with E-state index in [0.29, 0.717) is 6.41 Å². The summed E-state index contributed by atoms with van der Waals surface area (Å²) in [5.41, 5.74) is 0.679. The molecule has 0 spiro atoms. The number of aliphatic carboxylic acids is 1. The quantitative estimate of drug-likeness (QED) is 0.461. The van der Waals surface area contributed by atoms with Crippen molar-refractivity contribution in [3.05, 3.63) is 47.0 Å². The summed E-state index contributed by atoms with van der Waals surface area (Å²) < 4.78 is 0. The first kappa shape index (κ1) is 14.7. The molecule has 1 heterocycles. The number of nitrogens with zero attached hydrogens (tertiary/aromatic N) is 2. The lowest BCUT2D eigenvalue weighted by molar-refractivity contribution is -0.129. The summed E-state index contributed by atoms with van der Waals surface area (Å²) >= 11 is 1.10. The third kappa shape index (κ3) is 4.11. The maximum atomic E-state index is 11.2. The fraction of sp³-hybridized carbons (Fsp3) is 0.0769. The van der Waals surface area contributed by atoms with Crippen LogP contribution in [0.3, 0.4) is 0 Å². The third-order valence-electron chi connectivity index (χ3n) is 2.36. The van der Waals surface area contributed by atoms with Gasteiger partial charge in [-0.2, -0.15) is 0 Å². The molecule has 2 N–H and O–H groups in total. The van der Waals surface area contributed by atoms with Gasteiger partial charge in [0.2, 0.25) is 12.1 Å². The summed E-state index contributed by atoms with van der Waals surface area (Å²) in [5, 5.41) is 16.8. The van der Waals surface area contributed by atoms with Crippen LogP contribution in [0.15, 0.2) is 40.9 Å². The smallest absolute Gasteiger partial charge is 0.360 e. The zero-order valence-corrected chi connectivity index (χ0v) is 11.5. The predicted octanol–water partition coefficient (Wildman–Crippen LogP) is 1.72. The van der Waals surface area contributed by atoms with Gasteiger partial charge in [-0.3, -0.25) is 4.79 Å². The van der Waals surface area contributed by atoms with Crippen molar-refractivity contribution < 1.29 is 19.5 Å². The highest BCUT2D eigenvalue weighted by atomic mass is 32.1. The monoisotopic (exact) mass is 305 g/mol. The Morgan fingerprint density at radius 2 is 2.19 bits per heavy atom. The first-order valence-corrected chi connectivity index (χ1v) is 6.72. The predicted molar refractivity (Wildman–Crippen MR) is 77.2 cm³/mol. The van der Waals surface area contributed by atoms with Gasteiger partial charge in [-0.1, -0.05) is 35.5 Å². The highest BCUT2D eigenvalue weighted by Gasteiger charge is 2.17. The number of carboxylic acids is 1. The lowest BCUT2D eigenvalue weighted by Crippen LogP contribution is -2.15. The Morgan fingerprint density at radius 3 is 2.86 bits per heavy atom. The highest BCUT2D eigenvalue weighted by Crippen LogP contribution is 2.15. The summed E-state index contributed by atoms with van der Waals surface area (Å²) in [7, 11) is 0. The van der Waals surface area contributed by atoms with E-state index in [1.54, 1.807) is 0 Å². The molecule has 0 saturated heterocycles. The van der Waals surface area contributed by atoms with E-state index in [-0.39, 0.29) is 23.1 Å². The van der Waals surface area contributed by atoms with Gasteiger partial charge in [0.15, 0.2) is 5.13 Å². The molecule has 1 amide bonds. The van der Waals surface area contributed by atoms with Gasteiger partial charge in [-0.15, -0.1) is 11.3 Å². The van der Waals surface area contributed by atoms with Crippen molar-refractivity contribution in [1.82, 2.24) is 4.98 Å². The molecule has 0 aliphatic carbocycles. The van der Waals surface area contributed by atoms with Crippen molar-refractivity contribution in [3.8, 4) is 0 Å². The van der Waals surface area contributed by atoms with Gasteiger partial charge in [0, 0.05) is 5.38 Å². The van der Waals surface area contributed by atoms with Gasteiger partial charge in [-0.25, -0.2) is 9.78 Å². The largest absolute Gasteiger partial charge is 0.476 e. The van der Waals surface area contributed by atoms with E-state index in [0.717, 1.165) is 16.9 Å². The number of hydrogen-bond acceptors (Lipinski definition) is 6. The van der Waals surface area contributed by atoms with Crippen molar-refractivity contribution in [2.45, 2.75) is 6.61 Å². The Bertz CT molecular complexity index is 654. The minimum absolute atomic E-state index is 0.130. The zero-order chi connectivity index (χ0) is 15.1. The van der Waals surface area contributed by atoms with E-state index in [1.165, 1.54) is 5.38 Å². The number of carbonyl (C=O) groups is 2. The van der Waals surface area contributed by atoms with Gasteiger partial charge < -0.3 is 15.3 Å². The van der Waals surface area contributed by atoms with E-state index >= 15 is 0 Å². The number of nitrogens with one attached hydrogen (secondary N) is 1. The molecule has 2 rings (SSSR count). The molecule has 21 heavy (non-hydrogen) atoms. The van der Waals surface area contributed by atoms with E-state index in [9.17, 15) is 9.59 Å². The summed E-state index contributed by atoms with van der Waals surface area (Å²) in [6, 6.07) is 9.23. The Morgan fingerprint density at radius 1 is 1.43 bits per heavy atom. The van der Waals surface area contributed by atoms with E-state index < -0.39 is 5.97 Å². The molecule has 0 radical (unpaired) electrons. The molecule has 108 valence electrons. The third-order valence-corrected chi connectivity index (χ3v) is 3.14. The average Bonchev–Trinajstić information content (AvgIpc) is 2.93. The number of aromatic nitrogens is 1. The van der Waals surface area contributed by atoms with Gasteiger partial charge in [0.05, 0.1) is 0 Å². The van der Waals surface area contributed by atoms with Crippen LogP contribution in [0, 0.1) is 0 Å². The topological polar surface area (TPSA) is 101 Å². The minimum atomic E-state index is -1.26. The fourth-order valence-corrected chi connectivity index (χ4v) is 2.09. The van der Waals surface area contributed by atoms with E-state index in [2.05, 4.69) is 15.5 Å². The number of hydrogen-bond donors (Lipinski definition) is 2. The minimum Gasteiger partial charge on any atom is -0.476 e. The number of rotatable bonds is 7. The Hall–Kier alpha value is -2.74. The molecule has 0 bridgehead atoms. The Balaban J connectivity index is 2.08. The maximum absolute atomic E-state index is 11.2. The number of carboxylic acid groups (broad SMARTS) is 1. The number of anilines is 1. The standard InChI is InChI=1S/C13H11N3O4S/c17-8-14-13-15-10(7-21-13)11(12(18)19)16-20-6-9-4-2-1-3-5-9/h1-5,7-8H,6H2,(H,18,19)(H,14,15,17)/b16-11-. The van der Waals surface area contributed by atoms with Gasteiger partial charge >= 0.3 is 5.97 Å². The van der Waals surface area contributed by atoms with Gasteiger partial charge in [-0.05, 0) is 5.56 Å². The zero-order valence-electron chi connectivity index (χ0n) is 10.7. The van der Waals surface area contributed by atoms with Crippen molar-refractivity contribution in [1.29, 1.82) is 0 Å². The second kappa shape index (κ2) is 7.15. The summed E-state index contributed by atoms with van der Waals surface area (Å²) in [5.74, 6) is -1.26. The summed E-state index contributed by atoms with van der Waals surface area (Å²) in [6.45, 7) is 0.154. The van der Waals surface area contributed by atoms with Crippen LogP contribution in [0.1, 0.15) is 11.3 Å². The number of benzene rings is 1. The molecule has 1 aromatic heterocycles. The molecule has 7 nitrogen and oxygen atoms in total. The van der Waals surface area contributed by atoms with Crippen LogP contribution < -0.4 is 5.32 Å². The lowest BCUT2D eigenvalue weighted by Gasteiger charge is -2.01. The van der Waals surface area contributed by atoms with Gasteiger partial charge in [0.1, 0.15) is 12.3 Å². The van der Waals surface area contributed by atoms with Crippen LogP contribution in [0.4, 0.5) is 5.13 Å². The van der Waals surface area contributed by atoms with Crippen molar-refractivity contribution in [2.75, 3.05) is 5.32 Å². The molecule has 0 atom stereocenters. The summed E-state index contributed by atoms with van der Waals surface area (Å²) in [6.07, 6.45) is 0.464. The molecule has 2 aromatic rings. The maximum Gasteiger partial charge on any atom is 0.360 e. The number of thiazole rings is 1. The van der Waals surface area contributed by atoms with Crippen LogP contribution in [0.2, 0.25) is 0 Å². The normalized spacial score (nSPS) is 11.0. The number of amides is 1. The molecule has 8 heteroatoms. The van der Waals surface area contributed by atoms with Crippen molar-refractivity contribution >= 4 is 34.6 Å². The summed E-state index contributed by atoms with van der Waals surface area (Å²) in [4.78, 5) is 30.5. The van der Waals surface area contributed by atoms with Crippen LogP contribution in [0.25, 0.3) is 0 Å². The molecule has 0 fully saturated rings. The lowest BCUT2D eigenvalue weighted by atomic mass is 10.2. The highest BCUT2D eigenvalue weighted by molar-refractivity contribution is 7.14. The van der Waals surface area contributed by atoms with Crippen molar-refractivity contribution in [3.63, 3.8) is 0 Å². The van der Waals surface area contributed by atoms with Gasteiger partial charge in [0.25, 0.3) is 0 Å². The second-order valence-corrected chi connectivity index (χ2v) is 4.66. The average molecular weight is 305 g/mol. The number of oxime groups is 1. The molecular weight excluding hydrogens is 294 g/mol.